The van der Waals surface area contributed by atoms with Gasteiger partial charge in [0.15, 0.2) is 0 Å². The van der Waals surface area contributed by atoms with Gasteiger partial charge in [-0.2, -0.15) is 5.10 Å². The Balaban J connectivity index is 1.42. The van der Waals surface area contributed by atoms with Crippen molar-refractivity contribution in [3.05, 3.63) is 42.7 Å². The Kier molecular flexibility index (Phi) is 5.11. The van der Waals surface area contributed by atoms with Crippen LogP contribution in [0.3, 0.4) is 0 Å². The van der Waals surface area contributed by atoms with Gasteiger partial charge in [0.25, 0.3) is 0 Å². The largest absolute Gasteiger partial charge is 0.494 e. The van der Waals surface area contributed by atoms with Crippen molar-refractivity contribution in [2.45, 2.75) is 38.6 Å². The first kappa shape index (κ1) is 15.1. The van der Waals surface area contributed by atoms with E-state index in [1.165, 1.54) is 25.8 Å². The Morgan fingerprint density at radius 3 is 2.91 bits per heavy atom. The molecule has 1 aliphatic heterocycles. The third-order valence-corrected chi connectivity index (χ3v) is 4.38. The molecule has 1 atom stereocenters. The molecule has 1 fully saturated rings. The molecule has 1 radical (unpaired) electrons. The summed E-state index contributed by atoms with van der Waals surface area (Å²) in [5.74, 6) is 0.924. The van der Waals surface area contributed by atoms with Gasteiger partial charge in [-0.1, -0.05) is 6.92 Å². The third-order valence-electron chi connectivity index (χ3n) is 4.38. The summed E-state index contributed by atoms with van der Waals surface area (Å²) in [5.41, 5.74) is 1.02. The van der Waals surface area contributed by atoms with Crippen LogP contribution in [0, 0.1) is 6.07 Å². The van der Waals surface area contributed by atoms with E-state index in [0.717, 1.165) is 37.1 Å². The lowest BCUT2D eigenvalue weighted by Gasteiger charge is -2.23. The SMILES string of the molecule is CCC1CCCN1CCCOc1ccc(-n2c[c]cn2)cc1. The summed E-state index contributed by atoms with van der Waals surface area (Å²) < 4.78 is 7.64. The highest BCUT2D eigenvalue weighted by molar-refractivity contribution is 5.36. The summed E-state index contributed by atoms with van der Waals surface area (Å²) in [6, 6.07) is 11.8. The molecule has 4 nitrogen and oxygen atoms in total. The Hall–Kier alpha value is -1.81. The molecule has 2 aromatic rings. The lowest BCUT2D eigenvalue weighted by atomic mass is 10.2. The zero-order valence-electron chi connectivity index (χ0n) is 13.2. The van der Waals surface area contributed by atoms with Crippen LogP contribution in [0.4, 0.5) is 0 Å². The minimum Gasteiger partial charge on any atom is -0.494 e. The summed E-state index contributed by atoms with van der Waals surface area (Å²) in [6.45, 7) is 5.48. The second-order valence-electron chi connectivity index (χ2n) is 5.82. The number of likely N-dealkylation sites (tertiary alicyclic amines) is 1. The van der Waals surface area contributed by atoms with Crippen molar-refractivity contribution in [3.8, 4) is 11.4 Å². The smallest absolute Gasteiger partial charge is 0.119 e. The molecule has 0 saturated carbocycles. The number of benzene rings is 1. The Morgan fingerprint density at radius 2 is 2.18 bits per heavy atom. The van der Waals surface area contributed by atoms with Crippen molar-refractivity contribution in [2.75, 3.05) is 19.7 Å². The maximum absolute atomic E-state index is 5.84. The highest BCUT2D eigenvalue weighted by Crippen LogP contribution is 2.20. The van der Waals surface area contributed by atoms with Crippen molar-refractivity contribution in [3.63, 3.8) is 0 Å². The maximum atomic E-state index is 5.84. The van der Waals surface area contributed by atoms with Crippen LogP contribution in [0.1, 0.15) is 32.6 Å². The second kappa shape index (κ2) is 7.45. The van der Waals surface area contributed by atoms with Crippen LogP contribution in [-0.2, 0) is 0 Å². The molecule has 0 aliphatic carbocycles. The highest BCUT2D eigenvalue weighted by atomic mass is 16.5. The van der Waals surface area contributed by atoms with E-state index in [1.807, 2.05) is 30.5 Å². The summed E-state index contributed by atoms with van der Waals surface area (Å²) >= 11 is 0. The normalized spacial score (nSPS) is 18.7. The quantitative estimate of drug-likeness (QED) is 0.735. The van der Waals surface area contributed by atoms with Crippen LogP contribution in [-0.4, -0.2) is 40.4 Å². The first-order valence-corrected chi connectivity index (χ1v) is 8.25. The van der Waals surface area contributed by atoms with Gasteiger partial charge >= 0.3 is 0 Å². The Labute approximate surface area is 132 Å². The molecular formula is C18H24N3O. The summed E-state index contributed by atoms with van der Waals surface area (Å²) in [4.78, 5) is 2.61. The molecule has 4 heteroatoms. The molecule has 2 heterocycles. The van der Waals surface area contributed by atoms with Gasteiger partial charge in [0, 0.05) is 24.8 Å². The molecule has 22 heavy (non-hydrogen) atoms. The van der Waals surface area contributed by atoms with Crippen LogP contribution >= 0.6 is 0 Å². The van der Waals surface area contributed by atoms with Gasteiger partial charge in [0.05, 0.1) is 18.5 Å². The lowest BCUT2D eigenvalue weighted by molar-refractivity contribution is 0.217. The van der Waals surface area contributed by atoms with Crippen LogP contribution in [0.2, 0.25) is 0 Å². The van der Waals surface area contributed by atoms with Crippen LogP contribution in [0.25, 0.3) is 5.69 Å². The average Bonchev–Trinajstić information content (AvgIpc) is 3.23. The van der Waals surface area contributed by atoms with Crippen molar-refractivity contribution in [1.29, 1.82) is 0 Å². The monoisotopic (exact) mass is 298 g/mol. The van der Waals surface area contributed by atoms with Gasteiger partial charge in [-0.15, -0.1) is 0 Å². The van der Waals surface area contributed by atoms with E-state index in [-0.39, 0.29) is 0 Å². The molecule has 3 rings (SSSR count). The third kappa shape index (κ3) is 3.69. The Morgan fingerprint density at radius 1 is 1.32 bits per heavy atom. The predicted molar refractivity (Wildman–Crippen MR) is 87.4 cm³/mol. The van der Waals surface area contributed by atoms with Crippen LogP contribution in [0.5, 0.6) is 5.75 Å². The first-order valence-electron chi connectivity index (χ1n) is 8.25. The molecule has 0 N–H and O–H groups in total. The summed E-state index contributed by atoms with van der Waals surface area (Å²) in [7, 11) is 0. The van der Waals surface area contributed by atoms with Gasteiger partial charge in [0.2, 0.25) is 0 Å². The van der Waals surface area contributed by atoms with Crippen molar-refractivity contribution < 1.29 is 4.74 Å². The number of nitrogens with zero attached hydrogens (tertiary/aromatic N) is 3. The summed E-state index contributed by atoms with van der Waals surface area (Å²) in [5, 5.41) is 4.17. The minimum atomic E-state index is 0.780. The van der Waals surface area contributed by atoms with Gasteiger partial charge in [0.1, 0.15) is 5.75 Å². The van der Waals surface area contributed by atoms with E-state index in [9.17, 15) is 0 Å². The first-order chi connectivity index (χ1) is 10.9. The number of hydrogen-bond donors (Lipinski definition) is 0. The molecule has 1 unspecified atom stereocenters. The minimum absolute atomic E-state index is 0.780. The van der Waals surface area contributed by atoms with Crippen molar-refractivity contribution in [2.24, 2.45) is 0 Å². The molecule has 1 aromatic heterocycles. The fourth-order valence-corrected chi connectivity index (χ4v) is 3.18. The molecular weight excluding hydrogens is 274 g/mol. The van der Waals surface area contributed by atoms with Gasteiger partial charge < -0.3 is 9.64 Å². The van der Waals surface area contributed by atoms with Crippen molar-refractivity contribution >= 4 is 0 Å². The van der Waals surface area contributed by atoms with E-state index in [4.69, 9.17) is 4.74 Å². The molecule has 1 aliphatic rings. The molecule has 1 aromatic carbocycles. The van der Waals surface area contributed by atoms with E-state index in [2.05, 4.69) is 23.0 Å². The van der Waals surface area contributed by atoms with E-state index in [1.54, 1.807) is 10.9 Å². The zero-order chi connectivity index (χ0) is 15.2. The number of rotatable bonds is 7. The Bertz CT molecular complexity index is 550. The van der Waals surface area contributed by atoms with E-state index >= 15 is 0 Å². The highest BCUT2D eigenvalue weighted by Gasteiger charge is 2.21. The van der Waals surface area contributed by atoms with E-state index in [0.29, 0.717) is 0 Å². The van der Waals surface area contributed by atoms with Crippen LogP contribution < -0.4 is 4.74 Å². The standard InChI is InChI=1S/C18H24N3O/c1-2-16-6-3-12-20(16)13-5-15-22-18-9-7-17(8-10-18)21-14-4-11-19-21/h7-11,14,16H,2-3,5-6,12-13,15H2,1H3. The van der Waals surface area contributed by atoms with Crippen LogP contribution in [0.15, 0.2) is 36.7 Å². The lowest BCUT2D eigenvalue weighted by Crippen LogP contribution is -2.30. The predicted octanol–water partition coefficient (Wildman–Crippen LogP) is 3.32. The fraction of sp³-hybridized carbons (Fsp3) is 0.500. The van der Waals surface area contributed by atoms with Gasteiger partial charge in [-0.25, -0.2) is 4.68 Å². The maximum Gasteiger partial charge on any atom is 0.119 e. The topological polar surface area (TPSA) is 30.3 Å². The number of hydrogen-bond acceptors (Lipinski definition) is 3. The number of ether oxygens (including phenoxy) is 1. The zero-order valence-corrected chi connectivity index (χ0v) is 13.2. The molecule has 0 amide bonds. The number of aromatic nitrogens is 2. The fourth-order valence-electron chi connectivity index (χ4n) is 3.18. The second-order valence-corrected chi connectivity index (χ2v) is 5.82. The van der Waals surface area contributed by atoms with Gasteiger partial charge in [-0.3, -0.25) is 0 Å². The van der Waals surface area contributed by atoms with Crippen molar-refractivity contribution in [1.82, 2.24) is 14.7 Å². The average molecular weight is 298 g/mol. The molecule has 0 spiro atoms. The van der Waals surface area contributed by atoms with Gasteiger partial charge in [-0.05, 0) is 56.5 Å². The summed E-state index contributed by atoms with van der Waals surface area (Å²) in [6.07, 6.45) is 8.55. The molecule has 1 saturated heterocycles. The molecule has 0 bridgehead atoms. The van der Waals surface area contributed by atoms with E-state index < -0.39 is 0 Å². The molecule has 117 valence electrons.